The predicted molar refractivity (Wildman–Crippen MR) is 39.5 cm³/mol. The highest BCUT2D eigenvalue weighted by atomic mass is 16.7. The molecule has 0 amide bonds. The molecular formula is C6H12N2O3. The van der Waals surface area contributed by atoms with E-state index in [2.05, 4.69) is 0 Å². The Labute approximate surface area is 65.1 Å². The van der Waals surface area contributed by atoms with Gasteiger partial charge in [-0.1, -0.05) is 0 Å². The van der Waals surface area contributed by atoms with Crippen LogP contribution in [0.25, 0.3) is 0 Å². The number of hydrogen-bond acceptors (Lipinski definition) is 3. The molecule has 0 fully saturated rings. The molecule has 0 saturated heterocycles. The van der Waals surface area contributed by atoms with Crippen LogP contribution in [0.4, 0.5) is 0 Å². The third-order valence-corrected chi connectivity index (χ3v) is 1.32. The molecule has 0 aromatic heterocycles. The summed E-state index contributed by atoms with van der Waals surface area (Å²) in [6.07, 6.45) is 0.245. The summed E-state index contributed by atoms with van der Waals surface area (Å²) >= 11 is 0. The second kappa shape index (κ2) is 4.65. The zero-order valence-electron chi connectivity index (χ0n) is 6.74. The van der Waals surface area contributed by atoms with Gasteiger partial charge in [-0.05, 0) is 13.8 Å². The lowest BCUT2D eigenvalue weighted by atomic mass is 10.3. The number of nitro groups is 1. The Morgan fingerprint density at radius 3 is 2.45 bits per heavy atom. The zero-order chi connectivity index (χ0) is 8.85. The van der Waals surface area contributed by atoms with E-state index in [1.807, 2.05) is 0 Å². The summed E-state index contributed by atoms with van der Waals surface area (Å²) in [5.74, 6) is -0.0229. The molecule has 5 nitrogen and oxygen atoms in total. The molecule has 0 aliphatic rings. The van der Waals surface area contributed by atoms with Crippen molar-refractivity contribution < 1.29 is 9.83 Å². The van der Waals surface area contributed by atoms with Crippen LogP contribution in [0.15, 0.2) is 0 Å². The first kappa shape index (κ1) is 9.87. The average Bonchev–Trinajstić information content (AvgIpc) is 1.87. The number of hydrogen-bond donors (Lipinski definition) is 0. The highest BCUT2D eigenvalue weighted by Gasteiger charge is 2.10. The van der Waals surface area contributed by atoms with Gasteiger partial charge in [-0.2, -0.15) is 0 Å². The van der Waals surface area contributed by atoms with E-state index in [1.165, 1.54) is 6.92 Å². The van der Waals surface area contributed by atoms with Gasteiger partial charge in [0.05, 0.1) is 13.1 Å². The lowest BCUT2D eigenvalue weighted by Gasteiger charge is -2.09. The fourth-order valence-corrected chi connectivity index (χ4v) is 0.642. The molecule has 11 heavy (non-hydrogen) atoms. The largest absolute Gasteiger partial charge is 0.300 e. The number of nitrogens with zero attached hydrogens (tertiary/aromatic N) is 2. The van der Waals surface area contributed by atoms with Crippen LogP contribution in [0.5, 0.6) is 0 Å². The van der Waals surface area contributed by atoms with Crippen LogP contribution in [0, 0.1) is 10.1 Å². The Balaban J connectivity index is 3.70. The zero-order valence-corrected chi connectivity index (χ0v) is 6.74. The quantitative estimate of drug-likeness (QED) is 0.433. The number of rotatable bonds is 5. The standard InChI is InChI=1S/C6H12N2O3/c1-3-7(8(10)11)5-4-6(2)9/h3-5H2,1-2H3. The molecule has 0 radical (unpaired) electrons. The number of hydrazine groups is 1. The van der Waals surface area contributed by atoms with Crippen LogP contribution in [0.1, 0.15) is 20.3 Å². The molecule has 0 aliphatic heterocycles. The van der Waals surface area contributed by atoms with E-state index >= 15 is 0 Å². The summed E-state index contributed by atoms with van der Waals surface area (Å²) in [7, 11) is 0. The fourth-order valence-electron chi connectivity index (χ4n) is 0.642. The van der Waals surface area contributed by atoms with Crippen LogP contribution < -0.4 is 0 Å². The molecule has 0 rings (SSSR count). The smallest absolute Gasteiger partial charge is 0.160 e. The molecule has 0 N–H and O–H groups in total. The topological polar surface area (TPSA) is 63.5 Å². The van der Waals surface area contributed by atoms with Gasteiger partial charge in [-0.25, -0.2) is 10.1 Å². The Bertz CT molecular complexity index is 158. The molecule has 5 heteroatoms. The summed E-state index contributed by atoms with van der Waals surface area (Å²) in [5.41, 5.74) is 0. The van der Waals surface area contributed by atoms with Crippen molar-refractivity contribution in [2.75, 3.05) is 13.1 Å². The van der Waals surface area contributed by atoms with Gasteiger partial charge in [0, 0.05) is 6.42 Å². The van der Waals surface area contributed by atoms with Gasteiger partial charge >= 0.3 is 0 Å². The van der Waals surface area contributed by atoms with Crippen molar-refractivity contribution in [2.45, 2.75) is 20.3 Å². The summed E-state index contributed by atoms with van der Waals surface area (Å²) in [6, 6.07) is 0. The Kier molecular flexibility index (Phi) is 4.17. The summed E-state index contributed by atoms with van der Waals surface area (Å²) in [4.78, 5) is 20.6. The van der Waals surface area contributed by atoms with Crippen LogP contribution in [0.2, 0.25) is 0 Å². The van der Waals surface area contributed by atoms with Crippen molar-refractivity contribution in [2.24, 2.45) is 0 Å². The van der Waals surface area contributed by atoms with E-state index in [0.29, 0.717) is 6.54 Å². The first-order valence-corrected chi connectivity index (χ1v) is 3.46. The van der Waals surface area contributed by atoms with Gasteiger partial charge in [0.25, 0.3) is 0 Å². The first-order chi connectivity index (χ1) is 5.07. The lowest BCUT2D eigenvalue weighted by molar-refractivity contribution is -0.654. The fraction of sp³-hybridized carbons (Fsp3) is 0.833. The normalized spacial score (nSPS) is 9.27. The van der Waals surface area contributed by atoms with Crippen LogP contribution in [0.3, 0.4) is 0 Å². The number of carbonyl (C=O) groups is 1. The molecule has 0 unspecified atom stereocenters. The Hall–Kier alpha value is -1.13. The minimum Gasteiger partial charge on any atom is -0.300 e. The molecule has 0 spiro atoms. The van der Waals surface area contributed by atoms with E-state index in [0.717, 1.165) is 5.01 Å². The summed E-state index contributed by atoms with van der Waals surface area (Å²) in [6.45, 7) is 3.65. The number of carbonyl (C=O) groups excluding carboxylic acids is 1. The van der Waals surface area contributed by atoms with Crippen molar-refractivity contribution in [3.05, 3.63) is 10.1 Å². The molecule has 0 aliphatic carbocycles. The monoisotopic (exact) mass is 160 g/mol. The minimum absolute atomic E-state index is 0.0229. The van der Waals surface area contributed by atoms with Gasteiger partial charge in [-0.15, -0.1) is 5.01 Å². The van der Waals surface area contributed by atoms with Gasteiger partial charge in [0.1, 0.15) is 5.78 Å². The van der Waals surface area contributed by atoms with E-state index < -0.39 is 5.03 Å². The lowest BCUT2D eigenvalue weighted by Crippen LogP contribution is -2.31. The van der Waals surface area contributed by atoms with Gasteiger partial charge < -0.3 is 0 Å². The number of Topliss-reactive ketones (excluding diaryl/α,β-unsaturated/α-hetero) is 1. The third kappa shape index (κ3) is 4.30. The summed E-state index contributed by atoms with van der Waals surface area (Å²) in [5, 5.41) is 10.7. The Morgan fingerprint density at radius 2 is 2.18 bits per heavy atom. The Morgan fingerprint density at radius 1 is 1.64 bits per heavy atom. The molecule has 0 aromatic carbocycles. The first-order valence-electron chi connectivity index (χ1n) is 3.46. The van der Waals surface area contributed by atoms with Crippen LogP contribution in [-0.2, 0) is 4.79 Å². The molecule has 0 saturated carbocycles. The maximum atomic E-state index is 10.4. The molecule has 0 bridgehead atoms. The average molecular weight is 160 g/mol. The van der Waals surface area contributed by atoms with E-state index in [9.17, 15) is 14.9 Å². The maximum absolute atomic E-state index is 10.4. The molecule has 0 heterocycles. The molecule has 64 valence electrons. The van der Waals surface area contributed by atoms with Crippen molar-refractivity contribution in [1.29, 1.82) is 0 Å². The van der Waals surface area contributed by atoms with Crippen LogP contribution in [-0.4, -0.2) is 28.9 Å². The van der Waals surface area contributed by atoms with Gasteiger partial charge in [0.2, 0.25) is 0 Å². The van der Waals surface area contributed by atoms with Crippen LogP contribution >= 0.6 is 0 Å². The second-order valence-electron chi connectivity index (χ2n) is 2.24. The number of ketones is 1. The molecule has 0 aromatic rings. The third-order valence-electron chi connectivity index (χ3n) is 1.32. The van der Waals surface area contributed by atoms with Gasteiger partial charge in [0.15, 0.2) is 5.03 Å². The van der Waals surface area contributed by atoms with Crippen molar-refractivity contribution >= 4 is 5.78 Å². The van der Waals surface area contributed by atoms with E-state index in [1.54, 1.807) is 6.92 Å². The highest BCUT2D eigenvalue weighted by molar-refractivity contribution is 5.75. The van der Waals surface area contributed by atoms with Crippen molar-refractivity contribution in [3.8, 4) is 0 Å². The maximum Gasteiger partial charge on any atom is 0.160 e. The van der Waals surface area contributed by atoms with Crippen molar-refractivity contribution in [3.63, 3.8) is 0 Å². The summed E-state index contributed by atoms with van der Waals surface area (Å²) < 4.78 is 0. The predicted octanol–water partition coefficient (Wildman–Crippen LogP) is 0.479. The minimum atomic E-state index is -0.483. The van der Waals surface area contributed by atoms with Crippen molar-refractivity contribution in [1.82, 2.24) is 5.01 Å². The second-order valence-corrected chi connectivity index (χ2v) is 2.24. The SMILES string of the molecule is CCN(CCC(C)=O)[N+](=O)[O-]. The van der Waals surface area contributed by atoms with Gasteiger partial charge in [-0.3, -0.25) is 4.79 Å². The van der Waals surface area contributed by atoms with E-state index in [-0.39, 0.29) is 18.7 Å². The van der Waals surface area contributed by atoms with E-state index in [4.69, 9.17) is 0 Å². The molecular weight excluding hydrogens is 148 g/mol. The highest BCUT2D eigenvalue weighted by Crippen LogP contribution is 1.91. The molecule has 0 atom stereocenters.